The molecule has 2 aromatic carbocycles. The van der Waals surface area contributed by atoms with Gasteiger partial charge in [0.05, 0.1) is 0 Å². The van der Waals surface area contributed by atoms with Crippen LogP contribution in [0.2, 0.25) is 0 Å². The van der Waals surface area contributed by atoms with Crippen LogP contribution in [0.4, 0.5) is 5.69 Å². The fourth-order valence-corrected chi connectivity index (χ4v) is 2.59. The zero-order chi connectivity index (χ0) is 16.7. The van der Waals surface area contributed by atoms with Crippen molar-refractivity contribution >= 4 is 11.6 Å². The summed E-state index contributed by atoms with van der Waals surface area (Å²) in [7, 11) is 2.04. The third kappa shape index (κ3) is 5.53. The molecule has 3 heteroatoms. The number of carbonyl (C=O) groups excluding carboxylic acids is 1. The average Bonchev–Trinajstić information content (AvgIpc) is 2.54. The number of rotatable bonds is 7. The van der Waals surface area contributed by atoms with Crippen molar-refractivity contribution in [2.45, 2.75) is 32.7 Å². The second-order valence-corrected chi connectivity index (χ2v) is 6.26. The Morgan fingerprint density at radius 2 is 1.70 bits per heavy atom. The minimum atomic E-state index is 0.0676. The molecule has 23 heavy (non-hydrogen) atoms. The lowest BCUT2D eigenvalue weighted by Crippen LogP contribution is -2.24. The summed E-state index contributed by atoms with van der Waals surface area (Å²) in [4.78, 5) is 14.4. The summed E-state index contributed by atoms with van der Waals surface area (Å²) in [5.74, 6) is 0.463. The van der Waals surface area contributed by atoms with Crippen molar-refractivity contribution in [3.63, 3.8) is 0 Å². The molecule has 0 atom stereocenters. The summed E-state index contributed by atoms with van der Waals surface area (Å²) in [5, 5.41) is 3.05. The molecule has 0 aliphatic rings. The number of anilines is 1. The zero-order valence-electron chi connectivity index (χ0n) is 14.3. The number of benzene rings is 2. The lowest BCUT2D eigenvalue weighted by atomic mass is 10.0. The molecule has 0 aliphatic heterocycles. The van der Waals surface area contributed by atoms with Gasteiger partial charge in [0.2, 0.25) is 5.91 Å². The van der Waals surface area contributed by atoms with E-state index in [2.05, 4.69) is 42.3 Å². The van der Waals surface area contributed by atoms with E-state index in [-0.39, 0.29) is 5.91 Å². The number of hydrogen-bond donors (Lipinski definition) is 1. The van der Waals surface area contributed by atoms with Gasteiger partial charge in [-0.1, -0.05) is 62.4 Å². The molecular formula is C20H26N2O. The van der Waals surface area contributed by atoms with Crippen LogP contribution >= 0.6 is 0 Å². The van der Waals surface area contributed by atoms with Gasteiger partial charge in [-0.05, 0) is 30.2 Å². The van der Waals surface area contributed by atoms with Crippen molar-refractivity contribution in [3.05, 3.63) is 65.7 Å². The molecule has 0 heterocycles. The highest BCUT2D eigenvalue weighted by Gasteiger charge is 2.10. The van der Waals surface area contributed by atoms with Crippen molar-refractivity contribution in [3.8, 4) is 0 Å². The molecule has 3 nitrogen and oxygen atoms in total. The lowest BCUT2D eigenvalue weighted by Gasteiger charge is -2.17. The molecule has 0 bridgehead atoms. The van der Waals surface area contributed by atoms with Crippen LogP contribution in [0.15, 0.2) is 54.6 Å². The first kappa shape index (κ1) is 17.2. The van der Waals surface area contributed by atoms with Crippen molar-refractivity contribution in [2.24, 2.45) is 0 Å². The first-order chi connectivity index (χ1) is 11.1. The van der Waals surface area contributed by atoms with Gasteiger partial charge >= 0.3 is 0 Å². The second-order valence-electron chi connectivity index (χ2n) is 6.26. The van der Waals surface area contributed by atoms with Gasteiger partial charge in [0.15, 0.2) is 0 Å². The van der Waals surface area contributed by atoms with E-state index in [0.29, 0.717) is 12.3 Å². The summed E-state index contributed by atoms with van der Waals surface area (Å²) >= 11 is 0. The fourth-order valence-electron chi connectivity index (χ4n) is 2.59. The van der Waals surface area contributed by atoms with Gasteiger partial charge in [-0.2, -0.15) is 0 Å². The summed E-state index contributed by atoms with van der Waals surface area (Å²) in [5.41, 5.74) is 3.37. The minimum absolute atomic E-state index is 0.0676. The topological polar surface area (TPSA) is 32.3 Å². The number of nitrogens with zero attached hydrogens (tertiary/aromatic N) is 1. The maximum atomic E-state index is 12.2. The van der Waals surface area contributed by atoms with Crippen LogP contribution in [0.1, 0.15) is 37.3 Å². The second kappa shape index (κ2) is 8.49. The third-order valence-corrected chi connectivity index (χ3v) is 3.87. The number of hydrogen-bond acceptors (Lipinski definition) is 2. The van der Waals surface area contributed by atoms with Crippen LogP contribution in [0, 0.1) is 0 Å². The highest BCUT2D eigenvalue weighted by Crippen LogP contribution is 2.23. The van der Waals surface area contributed by atoms with Crippen LogP contribution < -0.4 is 5.32 Å². The Kier molecular flexibility index (Phi) is 6.36. The predicted molar refractivity (Wildman–Crippen MR) is 96.6 cm³/mol. The largest absolute Gasteiger partial charge is 0.326 e. The van der Waals surface area contributed by atoms with Gasteiger partial charge in [-0.25, -0.2) is 0 Å². The van der Waals surface area contributed by atoms with E-state index < -0.39 is 0 Å². The molecule has 2 rings (SSSR count). The maximum Gasteiger partial charge on any atom is 0.225 e. The van der Waals surface area contributed by atoms with E-state index in [1.54, 1.807) is 0 Å². The van der Waals surface area contributed by atoms with E-state index in [1.165, 1.54) is 11.1 Å². The summed E-state index contributed by atoms with van der Waals surface area (Å²) in [6.07, 6.45) is 0.496. The zero-order valence-corrected chi connectivity index (χ0v) is 14.3. The van der Waals surface area contributed by atoms with E-state index in [4.69, 9.17) is 0 Å². The van der Waals surface area contributed by atoms with Crippen LogP contribution in [-0.2, 0) is 11.3 Å². The van der Waals surface area contributed by atoms with Crippen molar-refractivity contribution in [1.29, 1.82) is 0 Å². The van der Waals surface area contributed by atoms with Crippen LogP contribution in [0.5, 0.6) is 0 Å². The Labute approximate surface area is 139 Å². The van der Waals surface area contributed by atoms with Gasteiger partial charge < -0.3 is 10.2 Å². The number of amides is 1. The lowest BCUT2D eigenvalue weighted by molar-refractivity contribution is -0.116. The molecule has 122 valence electrons. The Bertz CT molecular complexity index is 623. The number of para-hydroxylation sites is 1. The number of nitrogens with one attached hydrogen (secondary N) is 1. The van der Waals surface area contributed by atoms with Gasteiger partial charge in [0.25, 0.3) is 0 Å². The smallest absolute Gasteiger partial charge is 0.225 e. The van der Waals surface area contributed by atoms with Crippen LogP contribution in [-0.4, -0.2) is 24.4 Å². The highest BCUT2D eigenvalue weighted by molar-refractivity contribution is 5.91. The molecule has 1 amide bonds. The van der Waals surface area contributed by atoms with Gasteiger partial charge in [-0.3, -0.25) is 4.79 Å². The highest BCUT2D eigenvalue weighted by atomic mass is 16.1. The molecule has 0 saturated heterocycles. The van der Waals surface area contributed by atoms with Crippen molar-refractivity contribution in [1.82, 2.24) is 4.90 Å². The molecule has 0 spiro atoms. The van der Waals surface area contributed by atoms with E-state index >= 15 is 0 Å². The van der Waals surface area contributed by atoms with Gasteiger partial charge in [0, 0.05) is 25.2 Å². The predicted octanol–water partition coefficient (Wildman–Crippen LogP) is 4.27. The Morgan fingerprint density at radius 1 is 1.04 bits per heavy atom. The Hall–Kier alpha value is -2.13. The molecule has 0 aromatic heterocycles. The first-order valence-corrected chi connectivity index (χ1v) is 8.17. The van der Waals surface area contributed by atoms with Crippen molar-refractivity contribution < 1.29 is 4.79 Å². The molecule has 2 aromatic rings. The quantitative estimate of drug-likeness (QED) is 0.828. The molecule has 1 N–H and O–H groups in total. The monoisotopic (exact) mass is 310 g/mol. The Morgan fingerprint density at radius 3 is 2.39 bits per heavy atom. The maximum absolute atomic E-state index is 12.2. The van der Waals surface area contributed by atoms with E-state index in [1.807, 2.05) is 43.4 Å². The van der Waals surface area contributed by atoms with Crippen molar-refractivity contribution in [2.75, 3.05) is 18.9 Å². The molecule has 0 radical (unpaired) electrons. The van der Waals surface area contributed by atoms with E-state index in [0.717, 1.165) is 18.8 Å². The average molecular weight is 310 g/mol. The standard InChI is InChI=1S/C20H26N2O/c1-16(2)18-11-7-8-12-19(18)21-20(23)13-14-22(3)15-17-9-5-4-6-10-17/h4-12,16H,13-15H2,1-3H3,(H,21,23). The van der Waals surface area contributed by atoms with Gasteiger partial charge in [-0.15, -0.1) is 0 Å². The van der Waals surface area contributed by atoms with Crippen LogP contribution in [0.3, 0.4) is 0 Å². The molecule has 0 fully saturated rings. The molecule has 0 unspecified atom stereocenters. The minimum Gasteiger partial charge on any atom is -0.326 e. The normalized spacial score (nSPS) is 11.0. The fraction of sp³-hybridized carbons (Fsp3) is 0.350. The molecular weight excluding hydrogens is 284 g/mol. The van der Waals surface area contributed by atoms with E-state index in [9.17, 15) is 4.79 Å². The molecule has 0 aliphatic carbocycles. The van der Waals surface area contributed by atoms with Gasteiger partial charge in [0.1, 0.15) is 0 Å². The molecule has 0 saturated carbocycles. The Balaban J connectivity index is 1.83. The third-order valence-electron chi connectivity index (χ3n) is 3.87. The summed E-state index contributed by atoms with van der Waals surface area (Å²) in [6.45, 7) is 5.87. The summed E-state index contributed by atoms with van der Waals surface area (Å²) < 4.78 is 0. The number of carbonyl (C=O) groups is 1. The summed E-state index contributed by atoms with van der Waals surface area (Å²) in [6, 6.07) is 18.3. The SMILES string of the molecule is CC(C)c1ccccc1NC(=O)CCN(C)Cc1ccccc1. The van der Waals surface area contributed by atoms with Crippen LogP contribution in [0.25, 0.3) is 0 Å². The first-order valence-electron chi connectivity index (χ1n) is 8.17.